The van der Waals surface area contributed by atoms with Gasteiger partial charge in [0, 0.05) is 25.7 Å². The van der Waals surface area contributed by atoms with Crippen molar-refractivity contribution in [2.45, 2.75) is 32.6 Å². The second-order valence-corrected chi connectivity index (χ2v) is 3.23. The first-order valence-electron chi connectivity index (χ1n) is 4.78. The van der Waals surface area contributed by atoms with E-state index in [0.29, 0.717) is 6.42 Å². The number of nitrogens with zero attached hydrogens (tertiary/aromatic N) is 1. The maximum Gasteiger partial charge on any atom is 0.156 e. The smallest absolute Gasteiger partial charge is 0.156 e. The largest absolute Gasteiger partial charge is 0.377 e. The van der Waals surface area contributed by atoms with Crippen LogP contribution < -0.4 is 0 Å². The molecule has 0 amide bonds. The third kappa shape index (κ3) is 3.07. The minimum absolute atomic E-state index is 0.223. The molecule has 0 bridgehead atoms. The van der Waals surface area contributed by atoms with Crippen molar-refractivity contribution in [2.24, 2.45) is 0 Å². The molecule has 0 aromatic carbocycles. The van der Waals surface area contributed by atoms with Gasteiger partial charge in [-0.2, -0.15) is 0 Å². The van der Waals surface area contributed by atoms with Gasteiger partial charge in [-0.25, -0.2) is 0 Å². The summed E-state index contributed by atoms with van der Waals surface area (Å²) in [4.78, 5) is 13.2. The molecule has 0 unspecified atom stereocenters. The number of hydrogen-bond acceptors (Lipinski definition) is 2. The van der Waals surface area contributed by atoms with Crippen molar-refractivity contribution in [3.8, 4) is 0 Å². The third-order valence-corrected chi connectivity index (χ3v) is 2.21. The highest BCUT2D eigenvalue weighted by molar-refractivity contribution is 5.89. The highest BCUT2D eigenvalue weighted by atomic mass is 16.1. The van der Waals surface area contributed by atoms with Crippen LogP contribution in [0.15, 0.2) is 12.3 Å². The molecule has 0 N–H and O–H groups in total. The standard InChI is InChI=1S/C10H17NO/c1-2-10(12)6-9-11-7-4-3-5-8-11/h6,9H,2-5,7-8H2,1H3. The predicted molar refractivity (Wildman–Crippen MR) is 49.9 cm³/mol. The molecular formula is C10H17NO. The van der Waals surface area contributed by atoms with E-state index < -0.39 is 0 Å². The van der Waals surface area contributed by atoms with E-state index in [1.165, 1.54) is 19.3 Å². The van der Waals surface area contributed by atoms with Crippen molar-refractivity contribution in [1.29, 1.82) is 0 Å². The lowest BCUT2D eigenvalue weighted by atomic mass is 10.1. The summed E-state index contributed by atoms with van der Waals surface area (Å²) in [5.41, 5.74) is 0. The van der Waals surface area contributed by atoms with E-state index in [1.807, 2.05) is 13.1 Å². The molecule has 68 valence electrons. The number of likely N-dealkylation sites (tertiary alicyclic amines) is 1. The first-order chi connectivity index (χ1) is 5.83. The molecule has 0 spiro atoms. The fraction of sp³-hybridized carbons (Fsp3) is 0.700. The minimum atomic E-state index is 0.223. The van der Waals surface area contributed by atoms with Crippen LogP contribution in [-0.2, 0) is 4.79 Å². The van der Waals surface area contributed by atoms with Crippen LogP contribution in [0.25, 0.3) is 0 Å². The van der Waals surface area contributed by atoms with Gasteiger partial charge in [-0.1, -0.05) is 6.92 Å². The molecule has 1 aliphatic rings. The molecule has 1 fully saturated rings. The topological polar surface area (TPSA) is 20.3 Å². The molecule has 1 aliphatic heterocycles. The lowest BCUT2D eigenvalue weighted by Crippen LogP contribution is -2.24. The van der Waals surface area contributed by atoms with E-state index in [-0.39, 0.29) is 5.78 Å². The number of carbonyl (C=O) groups excluding carboxylic acids is 1. The molecule has 1 heterocycles. The highest BCUT2D eigenvalue weighted by Crippen LogP contribution is 2.08. The molecule has 0 saturated carbocycles. The van der Waals surface area contributed by atoms with Gasteiger partial charge in [-0.05, 0) is 25.3 Å². The van der Waals surface area contributed by atoms with Crippen molar-refractivity contribution >= 4 is 5.78 Å². The van der Waals surface area contributed by atoms with Crippen LogP contribution in [0.2, 0.25) is 0 Å². The Bertz CT molecular complexity index is 169. The molecule has 1 rings (SSSR count). The lowest BCUT2D eigenvalue weighted by Gasteiger charge is -2.24. The Kier molecular flexibility index (Phi) is 3.85. The maximum atomic E-state index is 10.9. The summed E-state index contributed by atoms with van der Waals surface area (Å²) in [6.07, 6.45) is 8.14. The summed E-state index contributed by atoms with van der Waals surface area (Å²) in [6.45, 7) is 4.13. The van der Waals surface area contributed by atoms with Crippen LogP contribution in [0.4, 0.5) is 0 Å². The monoisotopic (exact) mass is 167 g/mol. The van der Waals surface area contributed by atoms with E-state index in [0.717, 1.165) is 13.1 Å². The number of rotatable bonds is 3. The van der Waals surface area contributed by atoms with Crippen LogP contribution in [0.3, 0.4) is 0 Å². The fourth-order valence-electron chi connectivity index (χ4n) is 1.37. The van der Waals surface area contributed by atoms with Gasteiger partial charge in [0.05, 0.1) is 0 Å². The zero-order valence-corrected chi connectivity index (χ0v) is 7.75. The van der Waals surface area contributed by atoms with E-state index in [4.69, 9.17) is 0 Å². The number of allylic oxidation sites excluding steroid dienone is 1. The van der Waals surface area contributed by atoms with Crippen LogP contribution >= 0.6 is 0 Å². The summed E-state index contributed by atoms with van der Waals surface area (Å²) in [5, 5.41) is 0. The molecule has 0 radical (unpaired) electrons. The summed E-state index contributed by atoms with van der Waals surface area (Å²) in [5.74, 6) is 0.223. The van der Waals surface area contributed by atoms with Gasteiger partial charge < -0.3 is 4.90 Å². The molecule has 1 saturated heterocycles. The normalized spacial score (nSPS) is 18.6. The SMILES string of the molecule is CCC(=O)C=CN1CCCCC1. The Morgan fingerprint density at radius 3 is 2.58 bits per heavy atom. The van der Waals surface area contributed by atoms with Crippen molar-refractivity contribution < 1.29 is 4.79 Å². The Labute approximate surface area is 74.2 Å². The quantitative estimate of drug-likeness (QED) is 0.599. The van der Waals surface area contributed by atoms with Crippen molar-refractivity contribution in [3.05, 3.63) is 12.3 Å². The Morgan fingerprint density at radius 1 is 1.33 bits per heavy atom. The van der Waals surface area contributed by atoms with Crippen molar-refractivity contribution in [1.82, 2.24) is 4.90 Å². The molecule has 0 atom stereocenters. The first kappa shape index (κ1) is 9.30. The molecule has 0 aromatic rings. The van der Waals surface area contributed by atoms with E-state index >= 15 is 0 Å². The van der Waals surface area contributed by atoms with Gasteiger partial charge in [-0.15, -0.1) is 0 Å². The minimum Gasteiger partial charge on any atom is -0.377 e. The number of carbonyl (C=O) groups is 1. The van der Waals surface area contributed by atoms with Crippen LogP contribution in [0.5, 0.6) is 0 Å². The summed E-state index contributed by atoms with van der Waals surface area (Å²) in [6, 6.07) is 0. The number of piperidine rings is 1. The highest BCUT2D eigenvalue weighted by Gasteiger charge is 2.04. The Balaban J connectivity index is 2.28. The van der Waals surface area contributed by atoms with Crippen LogP contribution in [0, 0.1) is 0 Å². The number of hydrogen-bond donors (Lipinski definition) is 0. The second kappa shape index (κ2) is 4.96. The Hall–Kier alpha value is -0.790. The molecule has 2 heteroatoms. The zero-order valence-electron chi connectivity index (χ0n) is 7.75. The second-order valence-electron chi connectivity index (χ2n) is 3.23. The maximum absolute atomic E-state index is 10.9. The summed E-state index contributed by atoms with van der Waals surface area (Å²) in [7, 11) is 0. The van der Waals surface area contributed by atoms with Crippen LogP contribution in [0.1, 0.15) is 32.6 Å². The van der Waals surface area contributed by atoms with Gasteiger partial charge in [-0.3, -0.25) is 4.79 Å². The molecular weight excluding hydrogens is 150 g/mol. The van der Waals surface area contributed by atoms with Crippen molar-refractivity contribution in [2.75, 3.05) is 13.1 Å². The van der Waals surface area contributed by atoms with Gasteiger partial charge in [0.15, 0.2) is 5.78 Å². The van der Waals surface area contributed by atoms with E-state index in [2.05, 4.69) is 4.90 Å². The Morgan fingerprint density at radius 2 is 2.00 bits per heavy atom. The lowest BCUT2D eigenvalue weighted by molar-refractivity contribution is -0.114. The average molecular weight is 167 g/mol. The summed E-state index contributed by atoms with van der Waals surface area (Å²) >= 11 is 0. The molecule has 0 aromatic heterocycles. The van der Waals surface area contributed by atoms with E-state index in [1.54, 1.807) is 6.08 Å². The fourth-order valence-corrected chi connectivity index (χ4v) is 1.37. The molecule has 0 aliphatic carbocycles. The van der Waals surface area contributed by atoms with Crippen molar-refractivity contribution in [3.63, 3.8) is 0 Å². The third-order valence-electron chi connectivity index (χ3n) is 2.21. The molecule has 12 heavy (non-hydrogen) atoms. The van der Waals surface area contributed by atoms with Gasteiger partial charge >= 0.3 is 0 Å². The number of ketones is 1. The van der Waals surface area contributed by atoms with E-state index in [9.17, 15) is 4.79 Å². The van der Waals surface area contributed by atoms with Gasteiger partial charge in [0.1, 0.15) is 0 Å². The summed E-state index contributed by atoms with van der Waals surface area (Å²) < 4.78 is 0. The van der Waals surface area contributed by atoms with Crippen LogP contribution in [-0.4, -0.2) is 23.8 Å². The zero-order chi connectivity index (χ0) is 8.81. The van der Waals surface area contributed by atoms with Gasteiger partial charge in [0.25, 0.3) is 0 Å². The predicted octanol–water partition coefficient (Wildman–Crippen LogP) is 1.97. The first-order valence-corrected chi connectivity index (χ1v) is 4.78. The average Bonchev–Trinajstić information content (AvgIpc) is 2.16. The van der Waals surface area contributed by atoms with Gasteiger partial charge in [0.2, 0.25) is 0 Å². The molecule has 2 nitrogen and oxygen atoms in total.